The lowest BCUT2D eigenvalue weighted by Crippen LogP contribution is -2.50. The van der Waals surface area contributed by atoms with Gasteiger partial charge >= 0.3 is 0 Å². The number of rotatable bonds is 3. The lowest BCUT2D eigenvalue weighted by Gasteiger charge is -2.41. The smallest absolute Gasteiger partial charge is 0.230 e. The Morgan fingerprint density at radius 3 is 2.67 bits per heavy atom. The van der Waals surface area contributed by atoms with Gasteiger partial charge in [-0.25, -0.2) is 4.98 Å². The van der Waals surface area contributed by atoms with Gasteiger partial charge in [-0.3, -0.25) is 4.79 Å². The highest BCUT2D eigenvalue weighted by atomic mass is 16.5. The number of anilines is 1. The highest BCUT2D eigenvalue weighted by Crippen LogP contribution is 2.43. The minimum atomic E-state index is -0.249. The van der Waals surface area contributed by atoms with Crippen LogP contribution in [0.25, 0.3) is 0 Å². The van der Waals surface area contributed by atoms with Gasteiger partial charge in [0.05, 0.1) is 30.0 Å². The maximum Gasteiger partial charge on any atom is 0.230 e. The summed E-state index contributed by atoms with van der Waals surface area (Å²) in [6.45, 7) is 4.63. The van der Waals surface area contributed by atoms with Crippen LogP contribution in [0.3, 0.4) is 0 Å². The molecule has 1 aromatic rings. The number of ether oxygens (including phenoxy) is 1. The minimum Gasteiger partial charge on any atom is -0.481 e. The number of aliphatic hydroxyl groups is 1. The topological polar surface area (TPSA) is 65.9 Å². The van der Waals surface area contributed by atoms with Crippen molar-refractivity contribution in [3.63, 3.8) is 0 Å². The summed E-state index contributed by atoms with van der Waals surface area (Å²) in [4.78, 5) is 22.4. The van der Waals surface area contributed by atoms with Gasteiger partial charge in [-0.1, -0.05) is 0 Å². The molecular weight excluding hydrogens is 342 g/mol. The van der Waals surface area contributed by atoms with Crippen LogP contribution in [0.5, 0.6) is 5.88 Å². The summed E-state index contributed by atoms with van der Waals surface area (Å²) in [6.07, 6.45) is 6.32. The first-order chi connectivity index (χ1) is 13.0. The molecule has 0 radical (unpaired) electrons. The summed E-state index contributed by atoms with van der Waals surface area (Å²) < 4.78 is 5.23. The first kappa shape index (κ1) is 18.5. The standard InChI is InChI=1S/C21H31N3O3/c1-15-18(8-9-19(22-15)27-2)23-12-3-10-21(14-23)11-13-24(20(21)26)16-4-6-17(25)7-5-16/h8-9,16-17,25H,3-7,10-14H2,1-2H3/t16?,17?,21-/m0/s1. The molecule has 1 aromatic heterocycles. The van der Waals surface area contributed by atoms with Crippen molar-refractivity contribution in [1.29, 1.82) is 0 Å². The number of hydrogen-bond acceptors (Lipinski definition) is 5. The number of pyridine rings is 1. The molecule has 6 nitrogen and oxygen atoms in total. The normalized spacial score (nSPS) is 31.6. The third kappa shape index (κ3) is 3.40. The van der Waals surface area contributed by atoms with Crippen LogP contribution in [-0.4, -0.2) is 59.8 Å². The maximum absolute atomic E-state index is 13.4. The summed E-state index contributed by atoms with van der Waals surface area (Å²) in [5, 5.41) is 9.78. The fourth-order valence-electron chi connectivity index (χ4n) is 5.26. The summed E-state index contributed by atoms with van der Waals surface area (Å²) in [5.41, 5.74) is 1.82. The average molecular weight is 373 g/mol. The highest BCUT2D eigenvalue weighted by molar-refractivity contribution is 5.86. The van der Waals surface area contributed by atoms with Crippen LogP contribution in [0.2, 0.25) is 0 Å². The van der Waals surface area contributed by atoms with Crippen molar-refractivity contribution in [3.05, 3.63) is 17.8 Å². The molecule has 4 rings (SSSR count). The molecular formula is C21H31N3O3. The number of hydrogen-bond donors (Lipinski definition) is 1. The molecule has 6 heteroatoms. The average Bonchev–Trinajstić information content (AvgIpc) is 2.98. The van der Waals surface area contributed by atoms with Crippen molar-refractivity contribution in [2.24, 2.45) is 5.41 Å². The summed E-state index contributed by atoms with van der Waals surface area (Å²) in [6, 6.07) is 4.29. The van der Waals surface area contributed by atoms with Crippen LogP contribution in [0.1, 0.15) is 50.6 Å². The van der Waals surface area contributed by atoms with Crippen molar-refractivity contribution >= 4 is 11.6 Å². The summed E-state index contributed by atoms with van der Waals surface area (Å²) >= 11 is 0. The SMILES string of the molecule is COc1ccc(N2CCC[C@]3(CCN(C4CCC(O)CC4)C3=O)C2)c(C)n1. The monoisotopic (exact) mass is 373 g/mol. The molecule has 3 aliphatic rings. The third-order valence-electron chi connectivity index (χ3n) is 6.81. The van der Waals surface area contributed by atoms with Crippen LogP contribution in [0.4, 0.5) is 5.69 Å². The van der Waals surface area contributed by atoms with E-state index in [4.69, 9.17) is 4.74 Å². The second kappa shape index (κ2) is 7.30. The molecule has 2 saturated heterocycles. The van der Waals surface area contributed by atoms with Gasteiger partial charge in [0.15, 0.2) is 0 Å². The van der Waals surface area contributed by atoms with Gasteiger partial charge in [0.25, 0.3) is 0 Å². The Hall–Kier alpha value is -1.82. The Morgan fingerprint density at radius 2 is 1.96 bits per heavy atom. The fraction of sp³-hybridized carbons (Fsp3) is 0.714. The van der Waals surface area contributed by atoms with Gasteiger partial charge in [-0.15, -0.1) is 0 Å². The molecule has 2 aliphatic heterocycles. The molecule has 1 saturated carbocycles. The number of aromatic nitrogens is 1. The van der Waals surface area contributed by atoms with E-state index in [9.17, 15) is 9.90 Å². The second-order valence-corrected chi connectivity index (χ2v) is 8.47. The van der Waals surface area contributed by atoms with Gasteiger partial charge in [0.2, 0.25) is 11.8 Å². The Kier molecular flexibility index (Phi) is 5.01. The molecule has 1 aliphatic carbocycles. The number of piperidine rings is 1. The molecule has 0 bridgehead atoms. The number of aryl methyl sites for hydroxylation is 1. The molecule has 27 heavy (non-hydrogen) atoms. The zero-order valence-corrected chi connectivity index (χ0v) is 16.5. The van der Waals surface area contributed by atoms with E-state index in [1.165, 1.54) is 0 Å². The van der Waals surface area contributed by atoms with Gasteiger partial charge < -0.3 is 19.6 Å². The van der Waals surface area contributed by atoms with E-state index in [0.717, 1.165) is 76.0 Å². The van der Waals surface area contributed by atoms with Crippen LogP contribution < -0.4 is 9.64 Å². The van der Waals surface area contributed by atoms with E-state index in [0.29, 0.717) is 17.8 Å². The first-order valence-electron chi connectivity index (χ1n) is 10.3. The Bertz CT molecular complexity index is 702. The van der Waals surface area contributed by atoms with Crippen LogP contribution in [-0.2, 0) is 4.79 Å². The molecule has 0 aromatic carbocycles. The number of aliphatic hydroxyl groups excluding tert-OH is 1. The van der Waals surface area contributed by atoms with Gasteiger partial charge in [-0.05, 0) is 57.9 Å². The lowest BCUT2D eigenvalue weighted by molar-refractivity contribution is -0.139. The van der Waals surface area contributed by atoms with Crippen molar-refractivity contribution in [1.82, 2.24) is 9.88 Å². The van der Waals surface area contributed by atoms with Crippen LogP contribution in [0.15, 0.2) is 12.1 Å². The molecule has 0 unspecified atom stereocenters. The molecule has 3 heterocycles. The van der Waals surface area contributed by atoms with E-state index in [-0.39, 0.29) is 11.5 Å². The minimum absolute atomic E-state index is 0.177. The Balaban J connectivity index is 1.50. The third-order valence-corrected chi connectivity index (χ3v) is 6.81. The zero-order chi connectivity index (χ0) is 19.0. The molecule has 1 amide bonds. The Labute approximate surface area is 161 Å². The van der Waals surface area contributed by atoms with Crippen molar-refractivity contribution < 1.29 is 14.6 Å². The zero-order valence-electron chi connectivity index (χ0n) is 16.5. The highest BCUT2D eigenvalue weighted by Gasteiger charge is 2.50. The van der Waals surface area contributed by atoms with E-state index < -0.39 is 0 Å². The molecule has 1 spiro atoms. The summed E-state index contributed by atoms with van der Waals surface area (Å²) in [5.74, 6) is 0.971. The molecule has 1 atom stereocenters. The number of amides is 1. The van der Waals surface area contributed by atoms with E-state index in [1.807, 2.05) is 13.0 Å². The Morgan fingerprint density at radius 1 is 1.19 bits per heavy atom. The van der Waals surface area contributed by atoms with Crippen LogP contribution >= 0.6 is 0 Å². The predicted octanol–water partition coefficient (Wildman–Crippen LogP) is 2.52. The second-order valence-electron chi connectivity index (χ2n) is 8.47. The molecule has 148 valence electrons. The van der Waals surface area contributed by atoms with Gasteiger partial charge in [0, 0.05) is 31.7 Å². The van der Waals surface area contributed by atoms with Crippen LogP contribution in [0, 0.1) is 12.3 Å². The number of methoxy groups -OCH3 is 1. The van der Waals surface area contributed by atoms with E-state index in [1.54, 1.807) is 7.11 Å². The van der Waals surface area contributed by atoms with Crippen molar-refractivity contribution in [2.75, 3.05) is 31.6 Å². The quantitative estimate of drug-likeness (QED) is 0.882. The maximum atomic E-state index is 13.4. The van der Waals surface area contributed by atoms with Gasteiger partial charge in [-0.2, -0.15) is 0 Å². The fourth-order valence-corrected chi connectivity index (χ4v) is 5.26. The van der Waals surface area contributed by atoms with E-state index in [2.05, 4.69) is 20.9 Å². The predicted molar refractivity (Wildman–Crippen MR) is 104 cm³/mol. The number of nitrogens with zero attached hydrogens (tertiary/aromatic N) is 3. The first-order valence-corrected chi connectivity index (χ1v) is 10.3. The van der Waals surface area contributed by atoms with Crippen molar-refractivity contribution in [3.8, 4) is 5.88 Å². The molecule has 3 fully saturated rings. The largest absolute Gasteiger partial charge is 0.481 e. The van der Waals surface area contributed by atoms with E-state index >= 15 is 0 Å². The lowest BCUT2D eigenvalue weighted by atomic mass is 9.78. The number of carbonyl (C=O) groups is 1. The van der Waals surface area contributed by atoms with Gasteiger partial charge in [0.1, 0.15) is 0 Å². The molecule has 1 N–H and O–H groups in total. The van der Waals surface area contributed by atoms with Crippen molar-refractivity contribution in [2.45, 2.75) is 64.0 Å². The number of likely N-dealkylation sites (tertiary alicyclic amines) is 1. The number of carbonyl (C=O) groups excluding carboxylic acids is 1. The summed E-state index contributed by atoms with van der Waals surface area (Å²) in [7, 11) is 1.63.